The number of benzene rings is 1. The van der Waals surface area contributed by atoms with Crippen molar-refractivity contribution in [2.75, 3.05) is 11.9 Å². The van der Waals surface area contributed by atoms with Gasteiger partial charge in [-0.1, -0.05) is 30.3 Å². The Hall–Kier alpha value is -3.10. The maximum Gasteiger partial charge on any atom is 0.258 e. The second-order valence-corrected chi connectivity index (χ2v) is 7.89. The third-order valence-corrected chi connectivity index (χ3v) is 5.83. The Balaban J connectivity index is 1.28. The molecule has 0 atom stereocenters. The van der Waals surface area contributed by atoms with Crippen LogP contribution in [0, 0.1) is 0 Å². The summed E-state index contributed by atoms with van der Waals surface area (Å²) in [6.45, 7) is 2.77. The molecule has 1 N–H and O–H groups in total. The van der Waals surface area contributed by atoms with Crippen LogP contribution in [0.15, 0.2) is 55.0 Å². The predicted octanol–water partition coefficient (Wildman–Crippen LogP) is 3.00. The summed E-state index contributed by atoms with van der Waals surface area (Å²) in [6.07, 6.45) is 4.20. The van der Waals surface area contributed by atoms with Crippen molar-refractivity contribution in [2.24, 2.45) is 0 Å². The first kappa shape index (κ1) is 17.0. The van der Waals surface area contributed by atoms with Crippen LogP contribution in [-0.2, 0) is 19.5 Å². The van der Waals surface area contributed by atoms with Crippen LogP contribution in [-0.4, -0.2) is 36.9 Å². The normalized spacial score (nSPS) is 14.1. The van der Waals surface area contributed by atoms with Gasteiger partial charge in [-0.3, -0.25) is 19.4 Å². The van der Waals surface area contributed by atoms with Crippen molar-refractivity contribution in [2.45, 2.75) is 19.5 Å². The number of hydrogen-bond donors (Lipinski definition) is 1. The van der Waals surface area contributed by atoms with Crippen molar-refractivity contribution in [1.29, 1.82) is 0 Å². The summed E-state index contributed by atoms with van der Waals surface area (Å²) in [5.41, 5.74) is 3.66. The largest absolute Gasteiger partial charge is 0.298 e. The summed E-state index contributed by atoms with van der Waals surface area (Å²) in [7, 11) is 0. The smallest absolute Gasteiger partial charge is 0.258 e. The number of anilines is 1. The number of pyridine rings is 1. The van der Waals surface area contributed by atoms with Crippen molar-refractivity contribution in [3.63, 3.8) is 0 Å². The van der Waals surface area contributed by atoms with Gasteiger partial charge in [-0.05, 0) is 17.7 Å². The molecule has 0 unspecified atom stereocenters. The Morgan fingerprint density at radius 3 is 2.96 bits per heavy atom. The maximum atomic E-state index is 12.6. The lowest BCUT2D eigenvalue weighted by atomic mass is 10.1. The number of carbonyl (C=O) groups is 1. The Morgan fingerprint density at radius 2 is 2.07 bits per heavy atom. The van der Waals surface area contributed by atoms with Gasteiger partial charge in [0.05, 0.1) is 11.3 Å². The highest BCUT2D eigenvalue weighted by Crippen LogP contribution is 2.29. The molecule has 0 spiro atoms. The van der Waals surface area contributed by atoms with E-state index in [-0.39, 0.29) is 5.91 Å². The number of nitrogens with zero attached hydrogens (tertiary/aromatic N) is 5. The molecule has 0 saturated heterocycles. The second-order valence-electron chi connectivity index (χ2n) is 6.80. The summed E-state index contributed by atoms with van der Waals surface area (Å²) in [5, 5.41) is 11.4. The molecule has 1 aliphatic rings. The number of hydrogen-bond acceptors (Lipinski definition) is 6. The molecule has 4 aromatic rings. The molecule has 1 aromatic carbocycles. The average molecular weight is 390 g/mol. The molecule has 0 fully saturated rings. The van der Waals surface area contributed by atoms with Crippen LogP contribution in [0.1, 0.15) is 26.5 Å². The van der Waals surface area contributed by atoms with E-state index in [0.29, 0.717) is 16.3 Å². The predicted molar refractivity (Wildman–Crippen MR) is 107 cm³/mol. The fourth-order valence-electron chi connectivity index (χ4n) is 3.41. The standard InChI is InChI=1S/C20H18N6OS/c27-19(15-6-7-18-24-21-13-26(18)11-15)23-20-22-16-8-9-25(12-17(16)28-20)10-14-4-2-1-3-5-14/h1-7,11,13H,8-10,12H2,(H,22,23,27). The van der Waals surface area contributed by atoms with Crippen molar-refractivity contribution < 1.29 is 4.79 Å². The van der Waals surface area contributed by atoms with Gasteiger partial charge in [0.2, 0.25) is 0 Å². The lowest BCUT2D eigenvalue weighted by molar-refractivity contribution is 0.102. The molecule has 0 saturated carbocycles. The first-order valence-corrected chi connectivity index (χ1v) is 9.92. The zero-order valence-corrected chi connectivity index (χ0v) is 15.9. The van der Waals surface area contributed by atoms with Gasteiger partial charge < -0.3 is 0 Å². The maximum absolute atomic E-state index is 12.6. The zero-order chi connectivity index (χ0) is 18.9. The number of rotatable bonds is 4. The molecular formula is C20H18N6OS. The molecule has 1 aliphatic heterocycles. The molecule has 28 heavy (non-hydrogen) atoms. The van der Waals surface area contributed by atoms with E-state index in [0.717, 1.165) is 31.7 Å². The molecule has 0 radical (unpaired) electrons. The minimum Gasteiger partial charge on any atom is -0.298 e. The summed E-state index contributed by atoms with van der Waals surface area (Å²) < 4.78 is 1.73. The third-order valence-electron chi connectivity index (χ3n) is 4.83. The van der Waals surface area contributed by atoms with E-state index in [1.807, 2.05) is 6.07 Å². The molecule has 4 heterocycles. The lowest BCUT2D eigenvalue weighted by Crippen LogP contribution is -2.29. The molecule has 1 amide bonds. The Morgan fingerprint density at radius 1 is 1.18 bits per heavy atom. The summed E-state index contributed by atoms with van der Waals surface area (Å²) >= 11 is 1.56. The van der Waals surface area contributed by atoms with Gasteiger partial charge in [0.25, 0.3) is 5.91 Å². The van der Waals surface area contributed by atoms with Crippen molar-refractivity contribution in [1.82, 2.24) is 24.5 Å². The van der Waals surface area contributed by atoms with Crippen LogP contribution in [0.5, 0.6) is 0 Å². The first-order chi connectivity index (χ1) is 13.7. The van der Waals surface area contributed by atoms with Crippen LogP contribution in [0.4, 0.5) is 5.13 Å². The van der Waals surface area contributed by atoms with Crippen LogP contribution in [0.2, 0.25) is 0 Å². The molecule has 0 bridgehead atoms. The number of carbonyl (C=O) groups excluding carboxylic acids is 1. The molecule has 3 aromatic heterocycles. The molecular weight excluding hydrogens is 372 g/mol. The van der Waals surface area contributed by atoms with Gasteiger partial charge in [-0.25, -0.2) is 4.98 Å². The monoisotopic (exact) mass is 390 g/mol. The van der Waals surface area contributed by atoms with Gasteiger partial charge >= 0.3 is 0 Å². The fourth-order valence-corrected chi connectivity index (χ4v) is 4.46. The van der Waals surface area contributed by atoms with Crippen molar-refractivity contribution in [3.05, 3.63) is 76.7 Å². The molecule has 0 aliphatic carbocycles. The lowest BCUT2D eigenvalue weighted by Gasteiger charge is -2.25. The third kappa shape index (κ3) is 3.39. The van der Waals surface area contributed by atoms with Gasteiger partial charge in [-0.2, -0.15) is 0 Å². The van der Waals surface area contributed by atoms with Crippen molar-refractivity contribution in [3.8, 4) is 0 Å². The van der Waals surface area contributed by atoms with E-state index in [1.165, 1.54) is 10.4 Å². The molecule has 5 rings (SSSR count). The minimum absolute atomic E-state index is 0.178. The highest BCUT2D eigenvalue weighted by Gasteiger charge is 2.21. The van der Waals surface area contributed by atoms with Gasteiger partial charge in [0, 0.05) is 37.1 Å². The van der Waals surface area contributed by atoms with Gasteiger partial charge in [0.15, 0.2) is 10.8 Å². The van der Waals surface area contributed by atoms with E-state index >= 15 is 0 Å². The summed E-state index contributed by atoms with van der Waals surface area (Å²) in [5.74, 6) is -0.178. The second kappa shape index (κ2) is 7.14. The van der Waals surface area contributed by atoms with Crippen LogP contribution >= 0.6 is 11.3 Å². The number of nitrogens with one attached hydrogen (secondary N) is 1. The highest BCUT2D eigenvalue weighted by molar-refractivity contribution is 7.15. The van der Waals surface area contributed by atoms with Gasteiger partial charge in [-0.15, -0.1) is 21.5 Å². The van der Waals surface area contributed by atoms with E-state index in [9.17, 15) is 4.79 Å². The topological polar surface area (TPSA) is 75.4 Å². The fraction of sp³-hybridized carbons (Fsp3) is 0.200. The molecule has 140 valence electrons. The molecule has 8 heteroatoms. The Labute approximate surface area is 165 Å². The van der Waals surface area contributed by atoms with Crippen LogP contribution < -0.4 is 5.32 Å². The number of aromatic nitrogens is 4. The number of fused-ring (bicyclic) bond motifs is 2. The van der Waals surface area contributed by atoms with Crippen LogP contribution in [0.25, 0.3) is 5.65 Å². The van der Waals surface area contributed by atoms with Gasteiger partial charge in [0.1, 0.15) is 6.33 Å². The minimum atomic E-state index is -0.178. The Bertz CT molecular complexity index is 1140. The molecule has 7 nitrogen and oxygen atoms in total. The SMILES string of the molecule is O=C(Nc1nc2c(s1)CN(Cc1ccccc1)CC2)c1ccc2nncn2c1. The summed E-state index contributed by atoms with van der Waals surface area (Å²) in [6, 6.07) is 14.0. The summed E-state index contributed by atoms with van der Waals surface area (Å²) in [4.78, 5) is 20.9. The van der Waals surface area contributed by atoms with E-state index in [2.05, 4.69) is 49.7 Å². The Kier molecular flexibility index (Phi) is 4.34. The van der Waals surface area contributed by atoms with E-state index < -0.39 is 0 Å². The van der Waals surface area contributed by atoms with Crippen LogP contribution in [0.3, 0.4) is 0 Å². The van der Waals surface area contributed by atoms with Crippen molar-refractivity contribution >= 4 is 28.0 Å². The van der Waals surface area contributed by atoms with E-state index in [1.54, 1.807) is 40.4 Å². The number of amides is 1. The number of thiazole rings is 1. The zero-order valence-electron chi connectivity index (χ0n) is 15.1. The highest BCUT2D eigenvalue weighted by atomic mass is 32.1. The van der Waals surface area contributed by atoms with E-state index in [4.69, 9.17) is 0 Å². The first-order valence-electron chi connectivity index (χ1n) is 9.10. The quantitative estimate of drug-likeness (QED) is 0.580. The average Bonchev–Trinajstić information content (AvgIpc) is 3.34.